The fourth-order valence-corrected chi connectivity index (χ4v) is 2.02. The van der Waals surface area contributed by atoms with Crippen LogP contribution in [0.25, 0.3) is 0 Å². The number of benzene rings is 2. The van der Waals surface area contributed by atoms with Gasteiger partial charge in [0.15, 0.2) is 0 Å². The molecule has 0 aliphatic carbocycles. The molecular formula is C16H19NO2. The molecular weight excluding hydrogens is 238 g/mol. The van der Waals surface area contributed by atoms with Crippen LogP contribution in [0.1, 0.15) is 30.2 Å². The van der Waals surface area contributed by atoms with Gasteiger partial charge in [-0.3, -0.25) is 5.32 Å². The van der Waals surface area contributed by atoms with E-state index in [1.807, 2.05) is 55.5 Å². The lowest BCUT2D eigenvalue weighted by Crippen LogP contribution is -2.36. The summed E-state index contributed by atoms with van der Waals surface area (Å²) in [4.78, 5) is 0. The van der Waals surface area contributed by atoms with E-state index in [9.17, 15) is 10.2 Å². The van der Waals surface area contributed by atoms with Crippen molar-refractivity contribution in [2.24, 2.45) is 0 Å². The molecule has 3 N–H and O–H groups in total. The van der Waals surface area contributed by atoms with Gasteiger partial charge in [-0.25, -0.2) is 0 Å². The number of aliphatic hydroxyl groups is 2. The second-order valence-electron chi connectivity index (χ2n) is 4.60. The maximum atomic E-state index is 10.1. The SMILES string of the molecule is CC(NC(O)C(O)c1ccccc1)c1ccccc1. The van der Waals surface area contributed by atoms with E-state index in [-0.39, 0.29) is 6.04 Å². The van der Waals surface area contributed by atoms with Crippen molar-refractivity contribution in [3.8, 4) is 0 Å². The Morgan fingerprint density at radius 1 is 0.789 bits per heavy atom. The van der Waals surface area contributed by atoms with Crippen molar-refractivity contribution in [3.63, 3.8) is 0 Å². The third-order valence-electron chi connectivity index (χ3n) is 3.16. The van der Waals surface area contributed by atoms with Gasteiger partial charge in [0.25, 0.3) is 0 Å². The summed E-state index contributed by atoms with van der Waals surface area (Å²) < 4.78 is 0. The molecule has 0 aromatic heterocycles. The van der Waals surface area contributed by atoms with Gasteiger partial charge in [-0.15, -0.1) is 0 Å². The Morgan fingerprint density at radius 2 is 1.26 bits per heavy atom. The van der Waals surface area contributed by atoms with Crippen molar-refractivity contribution in [1.29, 1.82) is 0 Å². The molecule has 0 bridgehead atoms. The Morgan fingerprint density at radius 3 is 1.79 bits per heavy atom. The lowest BCUT2D eigenvalue weighted by atomic mass is 10.1. The summed E-state index contributed by atoms with van der Waals surface area (Å²) in [6.07, 6.45) is -1.94. The summed E-state index contributed by atoms with van der Waals surface area (Å²) in [5.74, 6) is 0. The fourth-order valence-electron chi connectivity index (χ4n) is 2.02. The molecule has 2 rings (SSSR count). The van der Waals surface area contributed by atoms with Gasteiger partial charge in [0.1, 0.15) is 12.3 Å². The molecule has 3 heteroatoms. The monoisotopic (exact) mass is 257 g/mol. The van der Waals surface area contributed by atoms with E-state index in [4.69, 9.17) is 0 Å². The summed E-state index contributed by atoms with van der Waals surface area (Å²) >= 11 is 0. The van der Waals surface area contributed by atoms with E-state index < -0.39 is 12.3 Å². The fraction of sp³-hybridized carbons (Fsp3) is 0.250. The standard InChI is InChI=1S/C16H19NO2/c1-12(13-8-4-2-5-9-13)17-16(19)15(18)14-10-6-3-7-11-14/h2-12,15-19H,1H3. The first-order chi connectivity index (χ1) is 9.18. The van der Waals surface area contributed by atoms with E-state index >= 15 is 0 Å². The van der Waals surface area contributed by atoms with Crippen molar-refractivity contribution < 1.29 is 10.2 Å². The maximum absolute atomic E-state index is 10.1. The smallest absolute Gasteiger partial charge is 0.135 e. The molecule has 19 heavy (non-hydrogen) atoms. The minimum absolute atomic E-state index is 0.0328. The zero-order valence-corrected chi connectivity index (χ0v) is 10.9. The van der Waals surface area contributed by atoms with Crippen LogP contribution < -0.4 is 5.32 Å². The topological polar surface area (TPSA) is 52.5 Å². The van der Waals surface area contributed by atoms with Crippen LogP contribution >= 0.6 is 0 Å². The molecule has 0 heterocycles. The van der Waals surface area contributed by atoms with Crippen molar-refractivity contribution in [2.45, 2.75) is 25.3 Å². The normalized spacial score (nSPS) is 15.7. The average molecular weight is 257 g/mol. The van der Waals surface area contributed by atoms with Crippen LogP contribution in [0.5, 0.6) is 0 Å². The first kappa shape index (κ1) is 13.7. The van der Waals surface area contributed by atoms with Crippen molar-refractivity contribution in [1.82, 2.24) is 5.32 Å². The molecule has 0 saturated heterocycles. The molecule has 0 aliphatic heterocycles. The van der Waals surface area contributed by atoms with E-state index in [0.717, 1.165) is 5.56 Å². The van der Waals surface area contributed by atoms with E-state index in [1.165, 1.54) is 0 Å². The third kappa shape index (κ3) is 3.64. The van der Waals surface area contributed by atoms with Crippen molar-refractivity contribution in [3.05, 3.63) is 71.8 Å². The highest BCUT2D eigenvalue weighted by atomic mass is 16.3. The Labute approximate surface area is 113 Å². The van der Waals surface area contributed by atoms with Gasteiger partial charge in [0, 0.05) is 6.04 Å². The van der Waals surface area contributed by atoms with E-state index in [1.54, 1.807) is 12.1 Å². The Hall–Kier alpha value is -1.68. The molecule has 100 valence electrons. The van der Waals surface area contributed by atoms with Crippen LogP contribution in [0.3, 0.4) is 0 Å². The predicted molar refractivity (Wildman–Crippen MR) is 75.4 cm³/mol. The van der Waals surface area contributed by atoms with Gasteiger partial charge >= 0.3 is 0 Å². The summed E-state index contributed by atoms with van der Waals surface area (Å²) in [6, 6.07) is 18.9. The highest BCUT2D eigenvalue weighted by Crippen LogP contribution is 2.18. The average Bonchev–Trinajstić information content (AvgIpc) is 2.48. The number of hydrogen-bond acceptors (Lipinski definition) is 3. The molecule has 3 atom stereocenters. The molecule has 0 saturated carbocycles. The van der Waals surface area contributed by atoms with Gasteiger partial charge in [0.05, 0.1) is 0 Å². The Bertz CT molecular complexity index is 487. The second-order valence-corrected chi connectivity index (χ2v) is 4.60. The predicted octanol–water partition coefficient (Wildman–Crippen LogP) is 2.39. The third-order valence-corrected chi connectivity index (χ3v) is 3.16. The zero-order chi connectivity index (χ0) is 13.7. The van der Waals surface area contributed by atoms with Crippen LogP contribution in [-0.2, 0) is 0 Å². The number of nitrogens with one attached hydrogen (secondary N) is 1. The van der Waals surface area contributed by atoms with Gasteiger partial charge in [-0.2, -0.15) is 0 Å². The highest BCUT2D eigenvalue weighted by Gasteiger charge is 2.20. The Kier molecular flexibility index (Phi) is 4.68. The summed E-state index contributed by atoms with van der Waals surface area (Å²) in [6.45, 7) is 1.95. The number of rotatable bonds is 5. The molecule has 2 aromatic carbocycles. The molecule has 3 unspecified atom stereocenters. The van der Waals surface area contributed by atoms with Crippen LogP contribution in [0.4, 0.5) is 0 Å². The highest BCUT2D eigenvalue weighted by molar-refractivity contribution is 5.20. The molecule has 3 nitrogen and oxygen atoms in total. The van der Waals surface area contributed by atoms with Gasteiger partial charge in [-0.1, -0.05) is 60.7 Å². The van der Waals surface area contributed by atoms with Crippen LogP contribution in [-0.4, -0.2) is 16.4 Å². The van der Waals surface area contributed by atoms with Crippen molar-refractivity contribution >= 4 is 0 Å². The van der Waals surface area contributed by atoms with Gasteiger partial charge in [0.2, 0.25) is 0 Å². The molecule has 0 amide bonds. The second kappa shape index (κ2) is 6.48. The largest absolute Gasteiger partial charge is 0.384 e. The molecule has 0 aliphatic rings. The van der Waals surface area contributed by atoms with Crippen molar-refractivity contribution in [2.75, 3.05) is 0 Å². The van der Waals surface area contributed by atoms with E-state index in [2.05, 4.69) is 5.32 Å². The maximum Gasteiger partial charge on any atom is 0.135 e. The lowest BCUT2D eigenvalue weighted by Gasteiger charge is -2.23. The zero-order valence-electron chi connectivity index (χ0n) is 10.9. The first-order valence-electron chi connectivity index (χ1n) is 6.40. The molecule has 0 fully saturated rings. The Balaban J connectivity index is 1.99. The minimum atomic E-state index is -1.00. The van der Waals surface area contributed by atoms with Crippen LogP contribution in [0.15, 0.2) is 60.7 Å². The summed E-state index contributed by atoms with van der Waals surface area (Å²) in [5.41, 5.74) is 1.77. The molecule has 0 spiro atoms. The molecule has 0 radical (unpaired) electrons. The van der Waals surface area contributed by atoms with Crippen LogP contribution in [0.2, 0.25) is 0 Å². The van der Waals surface area contributed by atoms with Gasteiger partial charge < -0.3 is 10.2 Å². The van der Waals surface area contributed by atoms with Crippen LogP contribution in [0, 0.1) is 0 Å². The minimum Gasteiger partial charge on any atom is -0.384 e. The van der Waals surface area contributed by atoms with E-state index in [0.29, 0.717) is 5.56 Å². The summed E-state index contributed by atoms with van der Waals surface area (Å²) in [5, 5.41) is 23.1. The lowest BCUT2D eigenvalue weighted by molar-refractivity contribution is -0.00929. The molecule has 2 aromatic rings. The quantitative estimate of drug-likeness (QED) is 0.721. The number of aliphatic hydroxyl groups excluding tert-OH is 2. The number of hydrogen-bond donors (Lipinski definition) is 3. The summed E-state index contributed by atoms with van der Waals surface area (Å²) in [7, 11) is 0. The van der Waals surface area contributed by atoms with Gasteiger partial charge in [-0.05, 0) is 18.1 Å². The first-order valence-corrected chi connectivity index (χ1v) is 6.40.